The molecule has 1 unspecified atom stereocenters. The Balaban J connectivity index is 1.66. The average Bonchev–Trinajstić information content (AvgIpc) is 2.96. The van der Waals surface area contributed by atoms with E-state index in [1.165, 1.54) is 0 Å². The third-order valence-electron chi connectivity index (χ3n) is 4.12. The number of aromatic amines is 1. The summed E-state index contributed by atoms with van der Waals surface area (Å²) in [6, 6.07) is 1.86. The molecule has 0 aliphatic carbocycles. The van der Waals surface area contributed by atoms with Crippen LogP contribution >= 0.6 is 0 Å². The Morgan fingerprint density at radius 2 is 2.20 bits per heavy atom. The Morgan fingerprint density at radius 1 is 1.25 bits per heavy atom. The third kappa shape index (κ3) is 1.74. The highest BCUT2D eigenvalue weighted by Crippen LogP contribution is 2.24. The van der Waals surface area contributed by atoms with Crippen molar-refractivity contribution in [3.05, 3.63) is 18.6 Å². The molecule has 1 atom stereocenters. The fourth-order valence-electron chi connectivity index (χ4n) is 3.07. The highest BCUT2D eigenvalue weighted by molar-refractivity contribution is 5.87. The predicted octanol–water partition coefficient (Wildman–Crippen LogP) is -0.422. The number of H-pyrrole nitrogens is 1. The van der Waals surface area contributed by atoms with Crippen molar-refractivity contribution in [1.82, 2.24) is 25.2 Å². The molecule has 0 saturated carbocycles. The fourth-order valence-corrected chi connectivity index (χ4v) is 3.07. The molecule has 0 aromatic carbocycles. The van der Waals surface area contributed by atoms with Crippen molar-refractivity contribution in [2.24, 2.45) is 0 Å². The van der Waals surface area contributed by atoms with Crippen LogP contribution in [-0.2, 0) is 4.79 Å². The number of carbonyl (C=O) groups is 1. The van der Waals surface area contributed by atoms with Crippen molar-refractivity contribution in [1.29, 1.82) is 0 Å². The van der Waals surface area contributed by atoms with Crippen LogP contribution < -0.4 is 10.2 Å². The van der Waals surface area contributed by atoms with Crippen molar-refractivity contribution >= 4 is 22.8 Å². The molecule has 104 valence electrons. The van der Waals surface area contributed by atoms with E-state index in [4.69, 9.17) is 0 Å². The first-order valence-corrected chi connectivity index (χ1v) is 6.88. The number of nitrogens with zero attached hydrogens (tertiary/aromatic N) is 4. The summed E-state index contributed by atoms with van der Waals surface area (Å²) in [5.41, 5.74) is 1.85. The highest BCUT2D eigenvalue weighted by atomic mass is 16.2. The SMILES string of the molecule is O=C1NCCN2CCN(c3ncnc4cc[nH]c34)CC12. The second-order valence-electron chi connectivity index (χ2n) is 5.22. The number of aromatic nitrogens is 3. The maximum Gasteiger partial charge on any atom is 0.239 e. The van der Waals surface area contributed by atoms with E-state index >= 15 is 0 Å². The van der Waals surface area contributed by atoms with Gasteiger partial charge in [0, 0.05) is 38.9 Å². The molecule has 1 amide bonds. The maximum absolute atomic E-state index is 12.0. The van der Waals surface area contributed by atoms with Crippen LogP contribution in [0.4, 0.5) is 5.82 Å². The minimum atomic E-state index is -0.0718. The summed E-state index contributed by atoms with van der Waals surface area (Å²) in [5.74, 6) is 1.01. The highest BCUT2D eigenvalue weighted by Gasteiger charge is 2.35. The van der Waals surface area contributed by atoms with Gasteiger partial charge in [0.15, 0.2) is 5.82 Å². The minimum absolute atomic E-state index is 0.0718. The van der Waals surface area contributed by atoms with Gasteiger partial charge in [0.2, 0.25) is 5.91 Å². The van der Waals surface area contributed by atoms with Gasteiger partial charge in [-0.15, -0.1) is 0 Å². The molecule has 20 heavy (non-hydrogen) atoms. The summed E-state index contributed by atoms with van der Waals surface area (Å²) in [6.45, 7) is 4.14. The number of rotatable bonds is 1. The summed E-state index contributed by atoms with van der Waals surface area (Å²) in [6.07, 6.45) is 3.45. The summed E-state index contributed by atoms with van der Waals surface area (Å²) < 4.78 is 0. The second kappa shape index (κ2) is 4.45. The minimum Gasteiger partial charge on any atom is -0.357 e. The number of piperazine rings is 2. The van der Waals surface area contributed by atoms with Crippen LogP contribution in [0.15, 0.2) is 18.6 Å². The van der Waals surface area contributed by atoms with E-state index in [1.54, 1.807) is 6.33 Å². The zero-order chi connectivity index (χ0) is 13.5. The van der Waals surface area contributed by atoms with Gasteiger partial charge in [-0.3, -0.25) is 9.69 Å². The molecular weight excluding hydrogens is 256 g/mol. The Morgan fingerprint density at radius 3 is 3.15 bits per heavy atom. The Hall–Kier alpha value is -2.15. The van der Waals surface area contributed by atoms with E-state index < -0.39 is 0 Å². The van der Waals surface area contributed by atoms with Crippen LogP contribution in [0.1, 0.15) is 0 Å². The number of carbonyl (C=O) groups excluding carboxylic acids is 1. The van der Waals surface area contributed by atoms with Crippen LogP contribution in [0.2, 0.25) is 0 Å². The van der Waals surface area contributed by atoms with Crippen LogP contribution in [-0.4, -0.2) is 64.5 Å². The molecule has 0 spiro atoms. The first-order valence-electron chi connectivity index (χ1n) is 6.88. The molecule has 2 aromatic rings. The molecule has 2 aromatic heterocycles. The van der Waals surface area contributed by atoms with Crippen molar-refractivity contribution < 1.29 is 4.79 Å². The Bertz CT molecular complexity index is 653. The van der Waals surface area contributed by atoms with Gasteiger partial charge in [0.05, 0.1) is 5.52 Å². The molecule has 2 saturated heterocycles. The molecular formula is C13H16N6O. The molecule has 2 fully saturated rings. The van der Waals surface area contributed by atoms with Crippen LogP contribution in [0, 0.1) is 0 Å². The van der Waals surface area contributed by atoms with E-state index in [9.17, 15) is 4.79 Å². The molecule has 4 heterocycles. The monoisotopic (exact) mass is 272 g/mol. The predicted molar refractivity (Wildman–Crippen MR) is 74.5 cm³/mol. The van der Waals surface area contributed by atoms with E-state index in [0.29, 0.717) is 6.54 Å². The molecule has 7 heteroatoms. The summed E-state index contributed by atoms with van der Waals surface area (Å²) in [5, 5.41) is 2.94. The van der Waals surface area contributed by atoms with E-state index in [2.05, 4.69) is 30.1 Å². The number of hydrogen-bond donors (Lipinski definition) is 2. The molecule has 0 bridgehead atoms. The van der Waals surface area contributed by atoms with Crippen molar-refractivity contribution in [3.8, 4) is 0 Å². The van der Waals surface area contributed by atoms with Crippen LogP contribution in [0.25, 0.3) is 11.0 Å². The number of hydrogen-bond acceptors (Lipinski definition) is 5. The maximum atomic E-state index is 12.0. The lowest BCUT2D eigenvalue weighted by Gasteiger charge is -2.43. The average molecular weight is 272 g/mol. The van der Waals surface area contributed by atoms with E-state index in [0.717, 1.165) is 43.0 Å². The Kier molecular flexibility index (Phi) is 2.59. The lowest BCUT2D eigenvalue weighted by atomic mass is 10.1. The van der Waals surface area contributed by atoms with Gasteiger partial charge in [-0.2, -0.15) is 0 Å². The summed E-state index contributed by atoms with van der Waals surface area (Å²) in [4.78, 5) is 28.2. The zero-order valence-electron chi connectivity index (χ0n) is 11.0. The molecule has 2 aliphatic rings. The fraction of sp³-hybridized carbons (Fsp3) is 0.462. The summed E-state index contributed by atoms with van der Waals surface area (Å²) in [7, 11) is 0. The second-order valence-corrected chi connectivity index (χ2v) is 5.22. The van der Waals surface area contributed by atoms with Gasteiger partial charge in [0.25, 0.3) is 0 Å². The van der Waals surface area contributed by atoms with Gasteiger partial charge in [-0.25, -0.2) is 9.97 Å². The third-order valence-corrected chi connectivity index (χ3v) is 4.12. The smallest absolute Gasteiger partial charge is 0.239 e. The first kappa shape index (κ1) is 11.7. The van der Waals surface area contributed by atoms with Gasteiger partial charge in [-0.05, 0) is 6.07 Å². The Labute approximate surface area is 116 Å². The summed E-state index contributed by atoms with van der Waals surface area (Å²) >= 11 is 0. The molecule has 0 radical (unpaired) electrons. The number of amides is 1. The normalized spacial score (nSPS) is 23.7. The van der Waals surface area contributed by atoms with E-state index in [1.807, 2.05) is 12.3 Å². The standard InChI is InChI=1S/C13H16N6O/c20-13-10-7-19(6-5-18(10)4-3-15-13)12-11-9(1-2-14-11)16-8-17-12/h1-2,8,10,14H,3-7H2,(H,15,20). The lowest BCUT2D eigenvalue weighted by Crippen LogP contribution is -2.64. The van der Waals surface area contributed by atoms with Gasteiger partial charge >= 0.3 is 0 Å². The first-order chi connectivity index (χ1) is 9.83. The topological polar surface area (TPSA) is 77.2 Å². The molecule has 4 rings (SSSR count). The van der Waals surface area contributed by atoms with Crippen molar-refractivity contribution in [2.75, 3.05) is 37.6 Å². The zero-order valence-corrected chi connectivity index (χ0v) is 11.0. The lowest BCUT2D eigenvalue weighted by molar-refractivity contribution is -0.129. The van der Waals surface area contributed by atoms with Crippen molar-refractivity contribution in [2.45, 2.75) is 6.04 Å². The quantitative estimate of drug-likeness (QED) is 0.737. The number of anilines is 1. The number of nitrogens with one attached hydrogen (secondary N) is 2. The van der Waals surface area contributed by atoms with Gasteiger partial charge < -0.3 is 15.2 Å². The molecule has 7 nitrogen and oxygen atoms in total. The van der Waals surface area contributed by atoms with E-state index in [-0.39, 0.29) is 11.9 Å². The van der Waals surface area contributed by atoms with Crippen molar-refractivity contribution in [3.63, 3.8) is 0 Å². The number of fused-ring (bicyclic) bond motifs is 2. The van der Waals surface area contributed by atoms with Crippen LogP contribution in [0.3, 0.4) is 0 Å². The van der Waals surface area contributed by atoms with Gasteiger partial charge in [-0.1, -0.05) is 0 Å². The largest absolute Gasteiger partial charge is 0.357 e. The molecule has 2 N–H and O–H groups in total. The van der Waals surface area contributed by atoms with Crippen LogP contribution in [0.5, 0.6) is 0 Å². The molecule has 2 aliphatic heterocycles. The van der Waals surface area contributed by atoms with Gasteiger partial charge in [0.1, 0.15) is 17.9 Å².